The van der Waals surface area contributed by atoms with Gasteiger partial charge in [-0.2, -0.15) is 4.37 Å². The lowest BCUT2D eigenvalue weighted by Gasteiger charge is -2.29. The van der Waals surface area contributed by atoms with Gasteiger partial charge in [0, 0.05) is 25.2 Å². The molecular formula is C20H34N4O10S. The van der Waals surface area contributed by atoms with E-state index in [0.717, 1.165) is 37.7 Å². The second-order valence-corrected chi connectivity index (χ2v) is 9.71. The number of ether oxygens (including phenoxy) is 1. The van der Waals surface area contributed by atoms with E-state index in [2.05, 4.69) is 19.0 Å². The number of hydrogen-bond donors (Lipinski definition) is 7. The Labute approximate surface area is 206 Å². The summed E-state index contributed by atoms with van der Waals surface area (Å²) in [7, 11) is 0. The van der Waals surface area contributed by atoms with Crippen LogP contribution >= 0.6 is 11.7 Å². The monoisotopic (exact) mass is 522 g/mol. The second-order valence-electron chi connectivity index (χ2n) is 9.18. The van der Waals surface area contributed by atoms with Crippen molar-refractivity contribution in [3.05, 3.63) is 0 Å². The Morgan fingerprint density at radius 3 is 2.11 bits per heavy atom. The molecule has 0 bridgehead atoms. The Hall–Kier alpha value is -2.59. The molecule has 0 aromatic carbocycles. The number of nitrogens with one attached hydrogen (secondary N) is 1. The zero-order valence-electron chi connectivity index (χ0n) is 19.9. The maximum Gasteiger partial charge on any atom is 0.336 e. The van der Waals surface area contributed by atoms with Crippen molar-refractivity contribution < 1.29 is 49.8 Å². The number of nitrogens with zero attached hydrogens (tertiary/aromatic N) is 3. The summed E-state index contributed by atoms with van der Waals surface area (Å²) in [4.78, 5) is 32.6. The number of aliphatic hydroxyl groups excluding tert-OH is 2. The molecular weight excluding hydrogens is 488 g/mol. The lowest BCUT2D eigenvalue weighted by molar-refractivity contribution is -0.170. The number of hydrogen-bond acceptors (Lipinski definition) is 12. The highest BCUT2D eigenvalue weighted by atomic mass is 32.1. The van der Waals surface area contributed by atoms with Crippen LogP contribution in [0.25, 0.3) is 0 Å². The van der Waals surface area contributed by atoms with E-state index in [1.807, 2.05) is 20.8 Å². The third kappa shape index (κ3) is 11.6. The van der Waals surface area contributed by atoms with Gasteiger partial charge in [0.15, 0.2) is 5.60 Å². The van der Waals surface area contributed by atoms with Gasteiger partial charge in [0.2, 0.25) is 5.82 Å². The van der Waals surface area contributed by atoms with Gasteiger partial charge < -0.3 is 45.6 Å². The van der Waals surface area contributed by atoms with Crippen molar-refractivity contribution >= 4 is 35.5 Å². The Bertz CT molecular complexity index is 820. The molecule has 1 aliphatic heterocycles. The fourth-order valence-electron chi connectivity index (χ4n) is 2.91. The largest absolute Gasteiger partial charge is 0.481 e. The minimum absolute atomic E-state index is 0.0387. The first kappa shape index (κ1) is 30.4. The highest BCUT2D eigenvalue weighted by Crippen LogP contribution is 2.28. The van der Waals surface area contributed by atoms with Gasteiger partial charge in [-0.05, 0) is 33.6 Å². The van der Waals surface area contributed by atoms with Crippen molar-refractivity contribution in [2.45, 2.75) is 69.8 Å². The molecule has 1 aromatic rings. The summed E-state index contributed by atoms with van der Waals surface area (Å²) in [5.41, 5.74) is -2.78. The van der Waals surface area contributed by atoms with Crippen LogP contribution in [0, 0.1) is 0 Å². The smallest absolute Gasteiger partial charge is 0.336 e. The summed E-state index contributed by atoms with van der Waals surface area (Å²) in [5, 5.41) is 56.6. The molecule has 1 saturated heterocycles. The third-order valence-electron chi connectivity index (χ3n) is 4.77. The average Bonchev–Trinajstić information content (AvgIpc) is 3.18. The number of aliphatic carboxylic acids is 3. The maximum absolute atomic E-state index is 10.3. The van der Waals surface area contributed by atoms with E-state index < -0.39 is 42.5 Å². The lowest BCUT2D eigenvalue weighted by atomic mass is 9.96. The second kappa shape index (κ2) is 13.5. The summed E-state index contributed by atoms with van der Waals surface area (Å²) < 4.78 is 14.1. The Balaban J connectivity index is 0.000000405. The van der Waals surface area contributed by atoms with Crippen molar-refractivity contribution in [3.63, 3.8) is 0 Å². The van der Waals surface area contributed by atoms with E-state index in [0.29, 0.717) is 18.2 Å². The van der Waals surface area contributed by atoms with Crippen molar-refractivity contribution in [2.75, 3.05) is 31.1 Å². The van der Waals surface area contributed by atoms with Crippen LogP contribution in [0.1, 0.15) is 46.5 Å². The molecule has 0 aliphatic carbocycles. The molecule has 1 atom stereocenters. The van der Waals surface area contributed by atoms with Crippen LogP contribution in [0.2, 0.25) is 0 Å². The van der Waals surface area contributed by atoms with E-state index in [1.54, 1.807) is 0 Å². The van der Waals surface area contributed by atoms with E-state index in [4.69, 9.17) is 25.2 Å². The fourth-order valence-corrected chi connectivity index (χ4v) is 3.43. The van der Waals surface area contributed by atoms with E-state index in [9.17, 15) is 24.6 Å². The van der Waals surface area contributed by atoms with Crippen molar-refractivity contribution in [3.8, 4) is 5.88 Å². The van der Waals surface area contributed by atoms with E-state index in [-0.39, 0.29) is 18.2 Å². The zero-order valence-corrected chi connectivity index (χ0v) is 20.7. The normalized spacial score (nSPS) is 15.7. The van der Waals surface area contributed by atoms with Gasteiger partial charge in [0.25, 0.3) is 5.88 Å². The number of carboxylic acid groups (broad SMARTS) is 3. The Morgan fingerprint density at radius 2 is 1.66 bits per heavy atom. The van der Waals surface area contributed by atoms with Crippen LogP contribution in [-0.4, -0.2) is 107 Å². The first-order valence-corrected chi connectivity index (χ1v) is 11.6. The van der Waals surface area contributed by atoms with Gasteiger partial charge in [-0.15, -0.1) is 4.37 Å². The summed E-state index contributed by atoms with van der Waals surface area (Å²) in [6, 6.07) is 0. The molecule has 35 heavy (non-hydrogen) atoms. The molecule has 2 heterocycles. The minimum Gasteiger partial charge on any atom is -0.481 e. The Kier molecular flexibility index (Phi) is 11.7. The highest BCUT2D eigenvalue weighted by Gasteiger charge is 2.40. The quantitative estimate of drug-likeness (QED) is 0.192. The van der Waals surface area contributed by atoms with Crippen LogP contribution in [0.4, 0.5) is 5.82 Å². The Morgan fingerprint density at radius 1 is 1.11 bits per heavy atom. The molecule has 0 radical (unpaired) electrons. The topological polar surface area (TPSA) is 223 Å². The molecule has 1 fully saturated rings. The number of carboxylic acids is 3. The van der Waals surface area contributed by atoms with E-state index in [1.165, 1.54) is 0 Å². The highest BCUT2D eigenvalue weighted by molar-refractivity contribution is 6.99. The molecule has 0 saturated carbocycles. The fraction of sp³-hybridized carbons (Fsp3) is 0.750. The summed E-state index contributed by atoms with van der Waals surface area (Å²) in [6.07, 6.45) is -1.65. The molecule has 1 unspecified atom stereocenters. The van der Waals surface area contributed by atoms with Crippen LogP contribution in [0.5, 0.6) is 5.88 Å². The van der Waals surface area contributed by atoms with Crippen molar-refractivity contribution in [1.29, 1.82) is 0 Å². The zero-order chi connectivity index (χ0) is 26.8. The van der Waals surface area contributed by atoms with Crippen molar-refractivity contribution in [1.82, 2.24) is 14.1 Å². The van der Waals surface area contributed by atoms with Gasteiger partial charge in [-0.25, -0.2) is 4.79 Å². The first-order valence-electron chi connectivity index (χ1n) is 10.8. The van der Waals surface area contributed by atoms with Gasteiger partial charge in [-0.1, -0.05) is 0 Å². The molecule has 2 rings (SSSR count). The predicted octanol–water partition coefficient (Wildman–Crippen LogP) is -0.621. The number of piperidine rings is 1. The van der Waals surface area contributed by atoms with Crippen LogP contribution < -0.4 is 15.0 Å². The standard InChI is InChI=1S/C14H26N4O3S.C6H8O7/c1-14(2,3)15-8-11(20)9-21-13-12(16-22-17-13)18-6-4-10(19)5-7-18;7-3(8)1-6(13,5(11)12)2-4(9)10/h10-11,15,19-20H,4-9H2,1-3H3;13H,1-2H2,(H,7,8)(H,9,10)(H,11,12). The van der Waals surface area contributed by atoms with Gasteiger partial charge in [0.1, 0.15) is 12.7 Å². The summed E-state index contributed by atoms with van der Waals surface area (Å²) >= 11 is 1.10. The minimum atomic E-state index is -2.74. The number of rotatable bonds is 11. The number of carbonyl (C=O) groups is 3. The molecule has 1 aliphatic rings. The van der Waals surface area contributed by atoms with Gasteiger partial charge in [0.05, 0.1) is 30.7 Å². The average molecular weight is 523 g/mol. The molecule has 0 spiro atoms. The molecule has 15 heteroatoms. The maximum atomic E-state index is 10.3. The molecule has 1 aromatic heterocycles. The number of β-amino-alcohol motifs (C(OH)–C–C–N with tert-alkyl or cyclic N) is 1. The number of anilines is 1. The van der Waals surface area contributed by atoms with Gasteiger partial charge in [-0.3, -0.25) is 9.59 Å². The third-order valence-corrected chi connectivity index (χ3v) is 5.27. The van der Waals surface area contributed by atoms with Crippen LogP contribution in [0.15, 0.2) is 0 Å². The molecule has 14 nitrogen and oxygen atoms in total. The molecule has 200 valence electrons. The number of aliphatic hydroxyl groups is 3. The first-order chi connectivity index (χ1) is 16.1. The molecule has 0 amide bonds. The summed E-state index contributed by atoms with van der Waals surface area (Å²) in [5.74, 6) is -3.83. The summed E-state index contributed by atoms with van der Waals surface area (Å²) in [6.45, 7) is 8.29. The predicted molar refractivity (Wildman–Crippen MR) is 124 cm³/mol. The lowest BCUT2D eigenvalue weighted by Crippen LogP contribution is -2.42. The van der Waals surface area contributed by atoms with E-state index >= 15 is 0 Å². The van der Waals surface area contributed by atoms with Crippen LogP contribution in [0.3, 0.4) is 0 Å². The van der Waals surface area contributed by atoms with Crippen molar-refractivity contribution in [2.24, 2.45) is 0 Å². The van der Waals surface area contributed by atoms with Gasteiger partial charge >= 0.3 is 17.9 Å². The van der Waals surface area contributed by atoms with Crippen LogP contribution in [-0.2, 0) is 14.4 Å². The number of aromatic nitrogens is 2. The molecule has 7 N–H and O–H groups in total. The SMILES string of the molecule is CC(C)(C)NCC(O)COc1nsnc1N1CCC(O)CC1.O=C(O)CC(O)(CC(=O)O)C(=O)O.